The molecule has 0 aliphatic rings. The number of fused-ring (bicyclic) bond motifs is 2. The maximum absolute atomic E-state index is 11.1. The molecule has 2 aromatic heterocycles. The molecule has 0 bridgehead atoms. The largest absolute Gasteiger partial charge is 0.275 e. The standard InChI is InChI=1S/C13H8ClNOS/c1-7-2-3-8-5-9-6-11(12(14)16)17-13(9)15-10(8)4-7/h2-6H,1H3. The monoisotopic (exact) mass is 261 g/mol. The van der Waals surface area contributed by atoms with Gasteiger partial charge in [0.2, 0.25) is 0 Å². The molecule has 1 aromatic carbocycles. The van der Waals surface area contributed by atoms with E-state index in [1.807, 2.05) is 25.1 Å². The number of hydrogen-bond acceptors (Lipinski definition) is 3. The molecule has 0 amide bonds. The highest BCUT2D eigenvalue weighted by Crippen LogP contribution is 2.28. The van der Waals surface area contributed by atoms with Gasteiger partial charge in [0, 0.05) is 10.8 Å². The van der Waals surface area contributed by atoms with E-state index < -0.39 is 5.24 Å². The van der Waals surface area contributed by atoms with Crippen molar-refractivity contribution in [3.05, 3.63) is 40.8 Å². The van der Waals surface area contributed by atoms with Crippen molar-refractivity contribution in [1.29, 1.82) is 0 Å². The van der Waals surface area contributed by atoms with Gasteiger partial charge in [-0.05, 0) is 42.3 Å². The Labute approximate surface area is 107 Å². The molecule has 0 aliphatic carbocycles. The van der Waals surface area contributed by atoms with Gasteiger partial charge in [-0.3, -0.25) is 4.79 Å². The molecule has 3 rings (SSSR count). The summed E-state index contributed by atoms with van der Waals surface area (Å²) in [4.78, 5) is 17.1. The number of benzene rings is 1. The molecular formula is C13H8ClNOS. The first-order chi connectivity index (χ1) is 8.13. The second-order valence-electron chi connectivity index (χ2n) is 3.96. The van der Waals surface area contributed by atoms with E-state index in [-0.39, 0.29) is 0 Å². The molecule has 0 saturated carbocycles. The molecule has 0 aliphatic heterocycles. The summed E-state index contributed by atoms with van der Waals surface area (Å²) < 4.78 is 0. The van der Waals surface area contributed by atoms with Gasteiger partial charge in [-0.25, -0.2) is 4.98 Å². The molecule has 4 heteroatoms. The van der Waals surface area contributed by atoms with E-state index in [9.17, 15) is 4.79 Å². The third-order valence-corrected chi connectivity index (χ3v) is 4.01. The Morgan fingerprint density at radius 1 is 1.24 bits per heavy atom. The molecule has 0 atom stereocenters. The second kappa shape index (κ2) is 3.79. The fourth-order valence-electron chi connectivity index (χ4n) is 1.83. The summed E-state index contributed by atoms with van der Waals surface area (Å²) in [5, 5.41) is 1.62. The van der Waals surface area contributed by atoms with Crippen molar-refractivity contribution in [2.75, 3.05) is 0 Å². The highest BCUT2D eigenvalue weighted by atomic mass is 35.5. The van der Waals surface area contributed by atoms with E-state index >= 15 is 0 Å². The number of thiophene rings is 1. The summed E-state index contributed by atoms with van der Waals surface area (Å²) in [7, 11) is 0. The fourth-order valence-corrected chi connectivity index (χ4v) is 2.86. The third kappa shape index (κ3) is 1.81. The summed E-state index contributed by atoms with van der Waals surface area (Å²) in [6.07, 6.45) is 0. The molecule has 0 saturated heterocycles. The second-order valence-corrected chi connectivity index (χ2v) is 5.34. The lowest BCUT2D eigenvalue weighted by molar-refractivity contribution is 0.108. The lowest BCUT2D eigenvalue weighted by atomic mass is 10.1. The smallest absolute Gasteiger partial charge is 0.262 e. The quantitative estimate of drug-likeness (QED) is 0.616. The number of halogens is 1. The summed E-state index contributed by atoms with van der Waals surface area (Å²) in [6.45, 7) is 2.04. The number of carbonyl (C=O) groups excluding carboxylic acids is 1. The Bertz CT molecular complexity index is 748. The average molecular weight is 262 g/mol. The van der Waals surface area contributed by atoms with Gasteiger partial charge in [-0.2, -0.15) is 0 Å². The molecule has 2 heterocycles. The van der Waals surface area contributed by atoms with Crippen LogP contribution in [0, 0.1) is 6.92 Å². The Morgan fingerprint density at radius 3 is 2.82 bits per heavy atom. The van der Waals surface area contributed by atoms with Crippen molar-refractivity contribution in [3.63, 3.8) is 0 Å². The molecular weight excluding hydrogens is 254 g/mol. The number of aromatic nitrogens is 1. The number of rotatable bonds is 1. The summed E-state index contributed by atoms with van der Waals surface area (Å²) in [5.74, 6) is 0. The molecule has 17 heavy (non-hydrogen) atoms. The van der Waals surface area contributed by atoms with E-state index in [0.29, 0.717) is 4.88 Å². The van der Waals surface area contributed by atoms with Gasteiger partial charge in [0.15, 0.2) is 0 Å². The van der Waals surface area contributed by atoms with Crippen molar-refractivity contribution in [1.82, 2.24) is 4.98 Å². The van der Waals surface area contributed by atoms with Crippen molar-refractivity contribution >= 4 is 49.3 Å². The maximum atomic E-state index is 11.1. The van der Waals surface area contributed by atoms with Crippen molar-refractivity contribution in [2.45, 2.75) is 6.92 Å². The van der Waals surface area contributed by atoms with Crippen LogP contribution in [0.2, 0.25) is 0 Å². The van der Waals surface area contributed by atoms with Gasteiger partial charge in [-0.1, -0.05) is 12.1 Å². The lowest BCUT2D eigenvalue weighted by Gasteiger charge is -1.98. The predicted octanol–water partition coefficient (Wildman–Crippen LogP) is 4.14. The highest BCUT2D eigenvalue weighted by Gasteiger charge is 2.09. The third-order valence-electron chi connectivity index (χ3n) is 2.65. The van der Waals surface area contributed by atoms with Crippen LogP contribution in [0.25, 0.3) is 21.1 Å². The summed E-state index contributed by atoms with van der Waals surface area (Å²) in [6, 6.07) is 9.96. The van der Waals surface area contributed by atoms with Gasteiger partial charge < -0.3 is 0 Å². The zero-order valence-electron chi connectivity index (χ0n) is 9.03. The average Bonchev–Trinajstić information content (AvgIpc) is 2.68. The zero-order valence-corrected chi connectivity index (χ0v) is 10.6. The Kier molecular flexibility index (Phi) is 2.38. The molecule has 0 fully saturated rings. The Morgan fingerprint density at radius 2 is 2.06 bits per heavy atom. The fraction of sp³-hybridized carbons (Fsp3) is 0.0769. The van der Waals surface area contributed by atoms with Crippen LogP contribution < -0.4 is 0 Å². The Balaban J connectivity index is 2.36. The Hall–Kier alpha value is -1.45. The first-order valence-electron chi connectivity index (χ1n) is 5.14. The topological polar surface area (TPSA) is 30.0 Å². The van der Waals surface area contributed by atoms with Crippen LogP contribution in [-0.2, 0) is 0 Å². The molecule has 2 nitrogen and oxygen atoms in total. The van der Waals surface area contributed by atoms with E-state index in [1.165, 1.54) is 16.9 Å². The highest BCUT2D eigenvalue weighted by molar-refractivity contribution is 7.21. The van der Waals surface area contributed by atoms with E-state index in [0.717, 1.165) is 21.1 Å². The van der Waals surface area contributed by atoms with Crippen LogP contribution in [-0.4, -0.2) is 10.2 Å². The summed E-state index contributed by atoms with van der Waals surface area (Å²) in [5.41, 5.74) is 2.13. The van der Waals surface area contributed by atoms with Crippen LogP contribution in [0.5, 0.6) is 0 Å². The molecule has 84 valence electrons. The van der Waals surface area contributed by atoms with Crippen molar-refractivity contribution < 1.29 is 4.79 Å². The molecule has 3 aromatic rings. The van der Waals surface area contributed by atoms with Gasteiger partial charge in [0.25, 0.3) is 5.24 Å². The molecule has 0 N–H and O–H groups in total. The van der Waals surface area contributed by atoms with Crippen molar-refractivity contribution in [2.24, 2.45) is 0 Å². The van der Waals surface area contributed by atoms with E-state index in [4.69, 9.17) is 11.6 Å². The van der Waals surface area contributed by atoms with E-state index in [2.05, 4.69) is 11.1 Å². The predicted molar refractivity (Wildman–Crippen MR) is 72.0 cm³/mol. The minimum absolute atomic E-state index is 0.423. The minimum atomic E-state index is -0.423. The van der Waals surface area contributed by atoms with Crippen molar-refractivity contribution in [3.8, 4) is 0 Å². The molecule has 0 radical (unpaired) electrons. The molecule has 0 spiro atoms. The van der Waals surface area contributed by atoms with Crippen LogP contribution >= 0.6 is 22.9 Å². The molecule has 0 unspecified atom stereocenters. The number of hydrogen-bond donors (Lipinski definition) is 0. The van der Waals surface area contributed by atoms with Gasteiger partial charge in [0.05, 0.1) is 10.4 Å². The van der Waals surface area contributed by atoms with Gasteiger partial charge in [-0.15, -0.1) is 11.3 Å². The first-order valence-corrected chi connectivity index (χ1v) is 6.34. The number of pyridine rings is 1. The lowest BCUT2D eigenvalue weighted by Crippen LogP contribution is -1.79. The maximum Gasteiger partial charge on any atom is 0.262 e. The number of aryl methyl sites for hydroxylation is 1. The van der Waals surface area contributed by atoms with Crippen LogP contribution in [0.4, 0.5) is 0 Å². The SMILES string of the molecule is Cc1ccc2cc3cc(C(=O)Cl)sc3nc2c1. The van der Waals surface area contributed by atoms with Gasteiger partial charge >= 0.3 is 0 Å². The van der Waals surface area contributed by atoms with Gasteiger partial charge in [0.1, 0.15) is 4.83 Å². The minimum Gasteiger partial charge on any atom is -0.275 e. The van der Waals surface area contributed by atoms with Crippen LogP contribution in [0.15, 0.2) is 30.3 Å². The van der Waals surface area contributed by atoms with E-state index in [1.54, 1.807) is 6.07 Å². The first kappa shape index (κ1) is 10.7. The summed E-state index contributed by atoms with van der Waals surface area (Å²) >= 11 is 6.81. The number of nitrogens with zero attached hydrogens (tertiary/aromatic N) is 1. The van der Waals surface area contributed by atoms with Crippen LogP contribution in [0.1, 0.15) is 15.2 Å². The van der Waals surface area contributed by atoms with Crippen LogP contribution in [0.3, 0.4) is 0 Å². The number of carbonyl (C=O) groups is 1. The normalized spacial score (nSPS) is 11.2. The zero-order chi connectivity index (χ0) is 12.0.